The molecule has 0 aliphatic heterocycles. The maximum atomic E-state index is 13.3. The van der Waals surface area contributed by atoms with Crippen LogP contribution in [0.4, 0.5) is 4.39 Å². The van der Waals surface area contributed by atoms with Gasteiger partial charge in [-0.15, -0.1) is 0 Å². The zero-order valence-electron chi connectivity index (χ0n) is 15.6. The lowest BCUT2D eigenvalue weighted by atomic mass is 10.0. The molecule has 0 saturated heterocycles. The smallest absolute Gasteiger partial charge is 0.251 e. The van der Waals surface area contributed by atoms with Gasteiger partial charge in [0, 0.05) is 19.2 Å². The van der Waals surface area contributed by atoms with Crippen LogP contribution in [0.1, 0.15) is 35.3 Å². The van der Waals surface area contributed by atoms with E-state index in [1.165, 1.54) is 17.0 Å². The summed E-state index contributed by atoms with van der Waals surface area (Å²) in [6, 6.07) is 12.7. The van der Waals surface area contributed by atoms with Crippen molar-refractivity contribution in [1.29, 1.82) is 0 Å². The van der Waals surface area contributed by atoms with E-state index in [9.17, 15) is 14.0 Å². The van der Waals surface area contributed by atoms with Crippen LogP contribution in [0.25, 0.3) is 0 Å². The molecule has 2 rings (SSSR count). The van der Waals surface area contributed by atoms with Crippen LogP contribution >= 0.6 is 0 Å². The van der Waals surface area contributed by atoms with Gasteiger partial charge in [0.1, 0.15) is 11.9 Å². The lowest BCUT2D eigenvalue weighted by molar-refractivity contribution is -0.133. The second-order valence-corrected chi connectivity index (χ2v) is 6.89. The molecule has 5 heteroatoms. The van der Waals surface area contributed by atoms with Crippen molar-refractivity contribution in [2.45, 2.75) is 33.4 Å². The van der Waals surface area contributed by atoms with Gasteiger partial charge < -0.3 is 10.2 Å². The van der Waals surface area contributed by atoms with Crippen LogP contribution in [0.5, 0.6) is 0 Å². The minimum atomic E-state index is -0.651. The minimum absolute atomic E-state index is 0.0776. The van der Waals surface area contributed by atoms with Gasteiger partial charge in [-0.25, -0.2) is 4.39 Å². The highest BCUT2D eigenvalue weighted by Crippen LogP contribution is 2.12. The number of carbonyl (C=O) groups is 2. The molecule has 0 bridgehead atoms. The fourth-order valence-corrected chi connectivity index (χ4v) is 2.75. The lowest BCUT2D eigenvalue weighted by Gasteiger charge is -2.27. The molecular weight excluding hydrogens is 331 g/mol. The van der Waals surface area contributed by atoms with Crippen LogP contribution < -0.4 is 5.32 Å². The molecule has 0 aliphatic rings. The first-order valence-electron chi connectivity index (χ1n) is 8.65. The summed E-state index contributed by atoms with van der Waals surface area (Å²) >= 11 is 0. The number of carbonyl (C=O) groups excluding carboxylic acids is 2. The predicted molar refractivity (Wildman–Crippen MR) is 100 cm³/mol. The fourth-order valence-electron chi connectivity index (χ4n) is 2.75. The molecule has 26 heavy (non-hydrogen) atoms. The zero-order chi connectivity index (χ0) is 19.3. The Morgan fingerprint density at radius 3 is 2.42 bits per heavy atom. The number of nitrogens with zero attached hydrogens (tertiary/aromatic N) is 1. The standard InChI is InChI=1S/C21H25FN2O2/c1-14(2)19(23-20(25)17-9-5-7-15(3)11-17)21(26)24(4)13-16-8-6-10-18(22)12-16/h5-12,14,19H,13H2,1-4H3,(H,23,25). The Bertz CT molecular complexity index is 789. The number of nitrogens with one attached hydrogen (secondary N) is 1. The average molecular weight is 356 g/mol. The highest BCUT2D eigenvalue weighted by molar-refractivity contribution is 5.97. The Balaban J connectivity index is 2.10. The van der Waals surface area contributed by atoms with Gasteiger partial charge in [0.15, 0.2) is 0 Å². The van der Waals surface area contributed by atoms with E-state index in [2.05, 4.69) is 5.32 Å². The molecule has 0 fully saturated rings. The minimum Gasteiger partial charge on any atom is -0.340 e. The Labute approximate surface area is 154 Å². The SMILES string of the molecule is Cc1cccc(C(=O)NC(C(=O)N(C)Cc2cccc(F)c2)C(C)C)c1. The van der Waals surface area contributed by atoms with Crippen LogP contribution in [-0.4, -0.2) is 29.8 Å². The van der Waals surface area contributed by atoms with E-state index < -0.39 is 6.04 Å². The van der Waals surface area contributed by atoms with Gasteiger partial charge in [0.05, 0.1) is 0 Å². The summed E-state index contributed by atoms with van der Waals surface area (Å²) in [5.41, 5.74) is 2.21. The van der Waals surface area contributed by atoms with Gasteiger partial charge in [-0.3, -0.25) is 9.59 Å². The van der Waals surface area contributed by atoms with Crippen molar-refractivity contribution in [3.05, 3.63) is 71.0 Å². The topological polar surface area (TPSA) is 49.4 Å². The lowest BCUT2D eigenvalue weighted by Crippen LogP contribution is -2.50. The normalized spacial score (nSPS) is 11.9. The summed E-state index contributed by atoms with van der Waals surface area (Å²) in [6.45, 7) is 5.96. The van der Waals surface area contributed by atoms with Crippen molar-refractivity contribution in [1.82, 2.24) is 10.2 Å². The van der Waals surface area contributed by atoms with E-state index in [-0.39, 0.29) is 30.1 Å². The molecule has 1 N–H and O–H groups in total. The number of likely N-dealkylation sites (N-methyl/N-ethyl adjacent to an activating group) is 1. The first kappa shape index (κ1) is 19.6. The molecule has 1 unspecified atom stereocenters. The summed E-state index contributed by atoms with van der Waals surface area (Å²) in [7, 11) is 1.65. The molecule has 0 aliphatic carbocycles. The van der Waals surface area contributed by atoms with E-state index in [0.29, 0.717) is 11.1 Å². The van der Waals surface area contributed by atoms with E-state index in [4.69, 9.17) is 0 Å². The number of amides is 2. The maximum Gasteiger partial charge on any atom is 0.251 e. The van der Waals surface area contributed by atoms with Crippen molar-refractivity contribution in [3.8, 4) is 0 Å². The first-order chi connectivity index (χ1) is 12.3. The zero-order valence-corrected chi connectivity index (χ0v) is 15.6. The van der Waals surface area contributed by atoms with Crippen LogP contribution in [0.3, 0.4) is 0 Å². The van der Waals surface area contributed by atoms with E-state index >= 15 is 0 Å². The summed E-state index contributed by atoms with van der Waals surface area (Å²) in [4.78, 5) is 26.8. The van der Waals surface area contributed by atoms with E-state index in [0.717, 1.165) is 5.56 Å². The summed E-state index contributed by atoms with van der Waals surface area (Å²) in [5, 5.41) is 2.83. The highest BCUT2D eigenvalue weighted by Gasteiger charge is 2.27. The van der Waals surface area contributed by atoms with Crippen molar-refractivity contribution in [2.24, 2.45) is 5.92 Å². The monoisotopic (exact) mass is 356 g/mol. The Hall–Kier alpha value is -2.69. The van der Waals surface area contributed by atoms with Gasteiger partial charge in [0.2, 0.25) is 5.91 Å². The highest BCUT2D eigenvalue weighted by atomic mass is 19.1. The summed E-state index contributed by atoms with van der Waals surface area (Å²) in [5.74, 6) is -0.895. The quantitative estimate of drug-likeness (QED) is 0.861. The number of aryl methyl sites for hydroxylation is 1. The average Bonchev–Trinajstić information content (AvgIpc) is 2.58. The van der Waals surface area contributed by atoms with Crippen molar-refractivity contribution in [3.63, 3.8) is 0 Å². The molecule has 2 aromatic carbocycles. The van der Waals surface area contributed by atoms with Crippen molar-refractivity contribution >= 4 is 11.8 Å². The molecule has 2 amide bonds. The Kier molecular flexibility index (Phi) is 6.50. The third-order valence-corrected chi connectivity index (χ3v) is 4.18. The number of rotatable bonds is 6. The van der Waals surface area contributed by atoms with Gasteiger partial charge in [-0.1, -0.05) is 43.7 Å². The van der Waals surface area contributed by atoms with Crippen LogP contribution in [0.15, 0.2) is 48.5 Å². The fraction of sp³-hybridized carbons (Fsp3) is 0.333. The second kappa shape index (κ2) is 8.61. The molecule has 0 aromatic heterocycles. The first-order valence-corrected chi connectivity index (χ1v) is 8.65. The third-order valence-electron chi connectivity index (χ3n) is 4.18. The molecule has 0 spiro atoms. The summed E-state index contributed by atoms with van der Waals surface area (Å²) < 4.78 is 13.3. The molecule has 0 saturated carbocycles. The molecule has 138 valence electrons. The number of hydrogen-bond donors (Lipinski definition) is 1. The van der Waals surface area contributed by atoms with E-state index in [1.54, 1.807) is 31.3 Å². The van der Waals surface area contributed by atoms with Crippen molar-refractivity contribution in [2.75, 3.05) is 7.05 Å². The van der Waals surface area contributed by atoms with Gasteiger partial charge in [0.25, 0.3) is 5.91 Å². The van der Waals surface area contributed by atoms with Crippen LogP contribution in [0.2, 0.25) is 0 Å². The second-order valence-electron chi connectivity index (χ2n) is 6.89. The van der Waals surface area contributed by atoms with E-state index in [1.807, 2.05) is 32.9 Å². The molecule has 2 aromatic rings. The Morgan fingerprint density at radius 2 is 1.81 bits per heavy atom. The van der Waals surface area contributed by atoms with Crippen LogP contribution in [0, 0.1) is 18.7 Å². The largest absolute Gasteiger partial charge is 0.340 e. The summed E-state index contributed by atoms with van der Waals surface area (Å²) in [6.07, 6.45) is 0. The van der Waals surface area contributed by atoms with Crippen LogP contribution in [-0.2, 0) is 11.3 Å². The predicted octanol–water partition coefficient (Wildman–Crippen LogP) is 3.55. The van der Waals surface area contributed by atoms with Crippen molar-refractivity contribution < 1.29 is 14.0 Å². The molecule has 4 nitrogen and oxygen atoms in total. The number of hydrogen-bond acceptors (Lipinski definition) is 2. The molecule has 0 heterocycles. The molecular formula is C21H25FN2O2. The molecule has 1 atom stereocenters. The van der Waals surface area contributed by atoms with Gasteiger partial charge in [-0.2, -0.15) is 0 Å². The van der Waals surface area contributed by atoms with Gasteiger partial charge in [-0.05, 0) is 42.7 Å². The number of halogens is 1. The number of benzene rings is 2. The Morgan fingerprint density at radius 1 is 1.12 bits per heavy atom. The molecule has 0 radical (unpaired) electrons. The van der Waals surface area contributed by atoms with Gasteiger partial charge >= 0.3 is 0 Å². The maximum absolute atomic E-state index is 13.3. The third kappa shape index (κ3) is 5.15.